The monoisotopic (exact) mass is 477 g/mol. The molecule has 3 N–H and O–H groups in total. The molecule has 3 rings (SSSR count). The number of aliphatic hydroxyl groups is 1. The number of anilines is 1. The van der Waals surface area contributed by atoms with E-state index in [0.29, 0.717) is 40.8 Å². The number of carbonyl (C=O) groups is 2. The highest BCUT2D eigenvalue weighted by Crippen LogP contribution is 2.33. The van der Waals surface area contributed by atoms with Crippen molar-refractivity contribution in [2.24, 2.45) is 5.41 Å². The number of amides is 3. The average molecular weight is 478 g/mol. The molecule has 2 aromatic carbocycles. The van der Waals surface area contributed by atoms with Gasteiger partial charge in [-0.1, -0.05) is 62.2 Å². The molecule has 6 nitrogen and oxygen atoms in total. The van der Waals surface area contributed by atoms with Crippen LogP contribution in [0.3, 0.4) is 0 Å². The van der Waals surface area contributed by atoms with Gasteiger partial charge >= 0.3 is 6.03 Å². The molecule has 0 unspecified atom stereocenters. The van der Waals surface area contributed by atoms with Crippen LogP contribution in [0.4, 0.5) is 10.5 Å². The van der Waals surface area contributed by atoms with E-state index in [2.05, 4.69) is 10.6 Å². The quantitative estimate of drug-likeness (QED) is 0.539. The van der Waals surface area contributed by atoms with Gasteiger partial charge in [0.25, 0.3) is 0 Å². The van der Waals surface area contributed by atoms with E-state index in [9.17, 15) is 14.7 Å². The summed E-state index contributed by atoms with van der Waals surface area (Å²) in [5.74, 6) is -0.0181. The number of hydrogen-bond donors (Lipinski definition) is 3. The van der Waals surface area contributed by atoms with Crippen LogP contribution in [-0.2, 0) is 11.3 Å². The van der Waals surface area contributed by atoms with Gasteiger partial charge in [0.15, 0.2) is 0 Å². The van der Waals surface area contributed by atoms with E-state index in [4.69, 9.17) is 23.2 Å². The number of nitrogens with one attached hydrogen (secondary N) is 2. The van der Waals surface area contributed by atoms with Crippen LogP contribution in [0.5, 0.6) is 0 Å². The van der Waals surface area contributed by atoms with Crippen molar-refractivity contribution in [2.45, 2.75) is 52.3 Å². The minimum Gasteiger partial charge on any atom is -0.386 e. The maximum absolute atomic E-state index is 12.9. The van der Waals surface area contributed by atoms with Gasteiger partial charge in [-0.2, -0.15) is 0 Å². The summed E-state index contributed by atoms with van der Waals surface area (Å²) >= 11 is 12.1. The van der Waals surface area contributed by atoms with Crippen molar-refractivity contribution in [3.05, 3.63) is 63.6 Å². The highest BCUT2D eigenvalue weighted by Gasteiger charge is 2.35. The van der Waals surface area contributed by atoms with Gasteiger partial charge in [-0.25, -0.2) is 4.79 Å². The summed E-state index contributed by atoms with van der Waals surface area (Å²) in [4.78, 5) is 26.6. The van der Waals surface area contributed by atoms with Crippen LogP contribution < -0.4 is 10.6 Å². The van der Waals surface area contributed by atoms with Crippen molar-refractivity contribution >= 4 is 40.8 Å². The molecule has 8 heteroatoms. The van der Waals surface area contributed by atoms with E-state index in [-0.39, 0.29) is 18.0 Å². The van der Waals surface area contributed by atoms with Crippen molar-refractivity contribution < 1.29 is 14.7 Å². The lowest BCUT2D eigenvalue weighted by molar-refractivity contribution is -0.128. The van der Waals surface area contributed by atoms with Crippen molar-refractivity contribution in [2.75, 3.05) is 11.9 Å². The molecule has 1 aliphatic heterocycles. The van der Waals surface area contributed by atoms with E-state index in [1.54, 1.807) is 35.2 Å². The van der Waals surface area contributed by atoms with Gasteiger partial charge in [-0.15, -0.1) is 0 Å². The number of nitrogens with zero attached hydrogens (tertiary/aromatic N) is 1. The summed E-state index contributed by atoms with van der Waals surface area (Å²) < 4.78 is 0. The van der Waals surface area contributed by atoms with Crippen LogP contribution in [0.15, 0.2) is 42.5 Å². The normalized spacial score (nSPS) is 17.2. The van der Waals surface area contributed by atoms with Crippen LogP contribution in [0.1, 0.15) is 50.8 Å². The Balaban J connectivity index is 1.60. The zero-order valence-electron chi connectivity index (χ0n) is 18.5. The fourth-order valence-electron chi connectivity index (χ4n) is 3.64. The first-order valence-electron chi connectivity index (χ1n) is 10.6. The Morgan fingerprint density at radius 2 is 1.81 bits per heavy atom. The van der Waals surface area contributed by atoms with Crippen LogP contribution in [0.2, 0.25) is 10.0 Å². The fraction of sp³-hybridized carbons (Fsp3) is 0.417. The lowest BCUT2D eigenvalue weighted by atomic mass is 9.95. The Hall–Kier alpha value is -2.28. The molecule has 0 aliphatic carbocycles. The Kier molecular flexibility index (Phi) is 7.70. The average Bonchev–Trinajstić information content (AvgIpc) is 3.24. The highest BCUT2D eigenvalue weighted by atomic mass is 35.5. The molecule has 0 saturated carbocycles. The molecule has 172 valence electrons. The first kappa shape index (κ1) is 24.4. The molecule has 0 spiro atoms. The standard InChI is InChI=1S/C24H29Cl2N3O3/c1-24(2,3)22(31)27-14-15-6-9-17(10-7-15)28-23(32)29-12-4-5-20(29)21(30)16-8-11-18(25)19(26)13-16/h6-11,13,20-21,30H,4-5,12,14H2,1-3H3,(H,27,31)(H,28,32)/t20-,21+/m1/s1. The summed E-state index contributed by atoms with van der Waals surface area (Å²) in [7, 11) is 0. The summed E-state index contributed by atoms with van der Waals surface area (Å²) in [5, 5.41) is 17.5. The largest absolute Gasteiger partial charge is 0.386 e. The minimum absolute atomic E-state index is 0.0181. The van der Waals surface area contributed by atoms with Crippen LogP contribution in [0.25, 0.3) is 0 Å². The number of halogens is 2. The first-order valence-corrected chi connectivity index (χ1v) is 11.4. The number of aliphatic hydroxyl groups excluding tert-OH is 1. The van der Waals surface area contributed by atoms with Crippen LogP contribution >= 0.6 is 23.2 Å². The third kappa shape index (κ3) is 5.94. The van der Waals surface area contributed by atoms with Crippen molar-refractivity contribution in [3.63, 3.8) is 0 Å². The van der Waals surface area contributed by atoms with Gasteiger partial charge in [0, 0.05) is 24.2 Å². The van der Waals surface area contributed by atoms with Gasteiger partial charge in [0.2, 0.25) is 5.91 Å². The summed E-state index contributed by atoms with van der Waals surface area (Å²) in [6, 6.07) is 11.7. The zero-order chi connectivity index (χ0) is 23.5. The minimum atomic E-state index is -0.855. The van der Waals surface area contributed by atoms with E-state index >= 15 is 0 Å². The van der Waals surface area contributed by atoms with Gasteiger partial charge in [-0.05, 0) is 48.2 Å². The predicted molar refractivity (Wildman–Crippen MR) is 128 cm³/mol. The van der Waals surface area contributed by atoms with Gasteiger partial charge in [-0.3, -0.25) is 4.79 Å². The Labute approximate surface area is 198 Å². The van der Waals surface area contributed by atoms with Crippen molar-refractivity contribution in [1.82, 2.24) is 10.2 Å². The molecule has 0 radical (unpaired) electrons. The van der Waals surface area contributed by atoms with Gasteiger partial charge < -0.3 is 20.6 Å². The van der Waals surface area contributed by atoms with E-state index in [1.807, 2.05) is 32.9 Å². The Morgan fingerprint density at radius 1 is 1.12 bits per heavy atom. The molecule has 0 aromatic heterocycles. The van der Waals surface area contributed by atoms with Crippen molar-refractivity contribution in [1.29, 1.82) is 0 Å². The van der Waals surface area contributed by atoms with E-state index < -0.39 is 11.5 Å². The second-order valence-electron chi connectivity index (χ2n) is 9.08. The number of hydrogen-bond acceptors (Lipinski definition) is 3. The second-order valence-corrected chi connectivity index (χ2v) is 9.90. The number of rotatable bonds is 5. The maximum atomic E-state index is 12.9. The molecular weight excluding hydrogens is 449 g/mol. The molecule has 2 aromatic rings. The first-order chi connectivity index (χ1) is 15.1. The predicted octanol–water partition coefficient (Wildman–Crippen LogP) is 5.39. The molecule has 1 heterocycles. The maximum Gasteiger partial charge on any atom is 0.322 e. The third-order valence-corrected chi connectivity index (χ3v) is 6.29. The topological polar surface area (TPSA) is 81.7 Å². The summed E-state index contributed by atoms with van der Waals surface area (Å²) in [5.41, 5.74) is 1.78. The molecule has 32 heavy (non-hydrogen) atoms. The number of benzene rings is 2. The SMILES string of the molecule is CC(C)(C)C(=O)NCc1ccc(NC(=O)N2CCC[C@@H]2[C@@H](O)c2ccc(Cl)c(Cl)c2)cc1. The lowest BCUT2D eigenvalue weighted by Crippen LogP contribution is -2.41. The molecule has 1 aliphatic rings. The lowest BCUT2D eigenvalue weighted by Gasteiger charge is -2.29. The van der Waals surface area contributed by atoms with Gasteiger partial charge in [0.05, 0.1) is 22.2 Å². The molecule has 1 fully saturated rings. The number of likely N-dealkylation sites (tertiary alicyclic amines) is 1. The van der Waals surface area contributed by atoms with E-state index in [1.165, 1.54) is 0 Å². The molecule has 3 amide bonds. The second kappa shape index (κ2) is 10.1. The summed E-state index contributed by atoms with van der Waals surface area (Å²) in [6.07, 6.45) is 0.649. The molecule has 2 atom stereocenters. The Bertz CT molecular complexity index is 973. The summed E-state index contributed by atoms with van der Waals surface area (Å²) in [6.45, 7) is 6.58. The molecular formula is C24H29Cl2N3O3. The third-order valence-electron chi connectivity index (χ3n) is 5.55. The highest BCUT2D eigenvalue weighted by molar-refractivity contribution is 6.42. The van der Waals surface area contributed by atoms with Gasteiger partial charge in [0.1, 0.15) is 0 Å². The fourth-order valence-corrected chi connectivity index (χ4v) is 3.95. The molecule has 1 saturated heterocycles. The molecule has 0 bridgehead atoms. The number of urea groups is 1. The van der Waals surface area contributed by atoms with Crippen molar-refractivity contribution in [3.8, 4) is 0 Å². The Morgan fingerprint density at radius 3 is 2.44 bits per heavy atom. The number of carbonyl (C=O) groups excluding carboxylic acids is 2. The zero-order valence-corrected chi connectivity index (χ0v) is 20.0. The van der Waals surface area contributed by atoms with Crippen LogP contribution in [-0.4, -0.2) is 34.5 Å². The smallest absolute Gasteiger partial charge is 0.322 e. The van der Waals surface area contributed by atoms with Crippen LogP contribution in [0, 0.1) is 5.41 Å². The van der Waals surface area contributed by atoms with E-state index in [0.717, 1.165) is 12.0 Å².